The summed E-state index contributed by atoms with van der Waals surface area (Å²) >= 11 is 0. The Kier molecular flexibility index (Phi) is 5.50. The number of para-hydroxylation sites is 2. The van der Waals surface area contributed by atoms with Gasteiger partial charge in [0.05, 0.1) is 13.3 Å². The number of methoxy groups -OCH3 is 1. The monoisotopic (exact) mass is 339 g/mol. The van der Waals surface area contributed by atoms with Gasteiger partial charge in [-0.05, 0) is 19.1 Å². The number of rotatable bonds is 8. The Bertz CT molecular complexity index is 808. The number of benzene rings is 1. The molecule has 2 aromatic heterocycles. The van der Waals surface area contributed by atoms with Crippen LogP contribution in [-0.2, 0) is 19.5 Å². The zero-order valence-electron chi connectivity index (χ0n) is 15.0. The van der Waals surface area contributed by atoms with Crippen LogP contribution in [0, 0.1) is 0 Å². The predicted octanol–water partition coefficient (Wildman–Crippen LogP) is 2.82. The lowest BCUT2D eigenvalue weighted by atomic mass is 10.2. The van der Waals surface area contributed by atoms with Gasteiger partial charge in [0.2, 0.25) is 0 Å². The third-order valence-corrected chi connectivity index (χ3v) is 4.21. The van der Waals surface area contributed by atoms with Crippen molar-refractivity contribution in [2.24, 2.45) is 0 Å². The summed E-state index contributed by atoms with van der Waals surface area (Å²) in [6.07, 6.45) is 8.78. The molecule has 0 bridgehead atoms. The van der Waals surface area contributed by atoms with Gasteiger partial charge in [-0.1, -0.05) is 19.1 Å². The van der Waals surface area contributed by atoms with Crippen LogP contribution in [-0.4, -0.2) is 32.5 Å². The molecule has 0 saturated carbocycles. The zero-order chi connectivity index (χ0) is 17.6. The molecule has 3 aromatic rings. The average Bonchev–Trinajstić information content (AvgIpc) is 3.29. The molecule has 2 heterocycles. The van der Waals surface area contributed by atoms with Gasteiger partial charge in [-0.15, -0.1) is 0 Å². The summed E-state index contributed by atoms with van der Waals surface area (Å²) in [6, 6.07) is 8.21. The molecule has 0 saturated heterocycles. The Morgan fingerprint density at radius 2 is 2.12 bits per heavy atom. The summed E-state index contributed by atoms with van der Waals surface area (Å²) in [5, 5.41) is 8.01. The second-order valence-electron chi connectivity index (χ2n) is 6.10. The smallest absolute Gasteiger partial charge is 0.144 e. The third-order valence-electron chi connectivity index (χ3n) is 4.21. The second kappa shape index (κ2) is 7.98. The van der Waals surface area contributed by atoms with Crippen molar-refractivity contribution >= 4 is 0 Å². The fourth-order valence-electron chi connectivity index (χ4n) is 2.87. The predicted molar refractivity (Wildman–Crippen MR) is 98.0 cm³/mol. The van der Waals surface area contributed by atoms with Crippen LogP contribution in [0.1, 0.15) is 25.2 Å². The van der Waals surface area contributed by atoms with Crippen LogP contribution in [0.3, 0.4) is 0 Å². The van der Waals surface area contributed by atoms with Crippen LogP contribution in [0.2, 0.25) is 0 Å². The van der Waals surface area contributed by atoms with Gasteiger partial charge in [-0.3, -0.25) is 0 Å². The van der Waals surface area contributed by atoms with E-state index in [1.165, 1.54) is 0 Å². The Morgan fingerprint density at radius 3 is 2.92 bits per heavy atom. The lowest BCUT2D eigenvalue weighted by molar-refractivity contribution is 0.411. The molecule has 0 fully saturated rings. The van der Waals surface area contributed by atoms with E-state index in [2.05, 4.69) is 33.8 Å². The molecular formula is C19H25N5O. The largest absolute Gasteiger partial charge is 0.494 e. The number of aryl methyl sites for hydroxylation is 1. The van der Waals surface area contributed by atoms with Gasteiger partial charge in [0.1, 0.15) is 17.3 Å². The molecular weight excluding hydrogens is 314 g/mol. The van der Waals surface area contributed by atoms with Crippen LogP contribution < -0.4 is 10.1 Å². The number of aromatic nitrogens is 4. The first-order chi connectivity index (χ1) is 12.2. The topological polar surface area (TPSA) is 56.9 Å². The molecule has 6 nitrogen and oxygen atoms in total. The standard InChI is InChI=1S/C19H25N5O/c1-4-19-20-9-10-23(19)13-15(2)21-11-16-12-22-24(14-16)17-7-5-6-8-18(17)25-3/h5-10,12,14-15,21H,4,11,13H2,1-3H3/t15-/m1/s1. The van der Waals surface area contributed by atoms with E-state index in [4.69, 9.17) is 4.74 Å². The zero-order valence-corrected chi connectivity index (χ0v) is 15.0. The molecule has 3 rings (SSSR count). The van der Waals surface area contributed by atoms with Gasteiger partial charge in [-0.25, -0.2) is 9.67 Å². The van der Waals surface area contributed by atoms with E-state index < -0.39 is 0 Å². The van der Waals surface area contributed by atoms with Crippen molar-refractivity contribution in [1.29, 1.82) is 0 Å². The summed E-state index contributed by atoms with van der Waals surface area (Å²) in [7, 11) is 1.67. The number of hydrogen-bond acceptors (Lipinski definition) is 4. The molecule has 0 radical (unpaired) electrons. The van der Waals surface area contributed by atoms with Crippen LogP contribution >= 0.6 is 0 Å². The van der Waals surface area contributed by atoms with Crippen molar-refractivity contribution in [3.05, 3.63) is 60.4 Å². The van der Waals surface area contributed by atoms with E-state index >= 15 is 0 Å². The first-order valence-corrected chi connectivity index (χ1v) is 8.61. The third kappa shape index (κ3) is 4.09. The molecule has 0 aliphatic heterocycles. The minimum absolute atomic E-state index is 0.342. The Hall–Kier alpha value is -2.60. The second-order valence-corrected chi connectivity index (χ2v) is 6.10. The Labute approximate surface area is 148 Å². The normalized spacial score (nSPS) is 12.3. The van der Waals surface area contributed by atoms with Gasteiger partial charge in [0.15, 0.2) is 0 Å². The molecule has 0 spiro atoms. The summed E-state index contributed by atoms with van der Waals surface area (Å²) in [5.74, 6) is 1.93. The van der Waals surface area contributed by atoms with Crippen LogP contribution in [0.15, 0.2) is 49.1 Å². The molecule has 1 aromatic carbocycles. The lowest BCUT2D eigenvalue weighted by Gasteiger charge is -2.15. The average molecular weight is 339 g/mol. The summed E-state index contributed by atoms with van der Waals surface area (Å²) in [6.45, 7) is 5.99. The first-order valence-electron chi connectivity index (χ1n) is 8.61. The van der Waals surface area contributed by atoms with E-state index in [1.807, 2.05) is 53.7 Å². The number of ether oxygens (including phenoxy) is 1. The number of imidazole rings is 1. The molecule has 132 valence electrons. The molecule has 1 N–H and O–H groups in total. The maximum Gasteiger partial charge on any atom is 0.144 e. The maximum atomic E-state index is 5.40. The van der Waals surface area contributed by atoms with E-state index in [1.54, 1.807) is 7.11 Å². The van der Waals surface area contributed by atoms with Crippen molar-refractivity contribution in [1.82, 2.24) is 24.6 Å². The van der Waals surface area contributed by atoms with Gasteiger partial charge >= 0.3 is 0 Å². The van der Waals surface area contributed by atoms with Crippen LogP contribution in [0.25, 0.3) is 5.69 Å². The Morgan fingerprint density at radius 1 is 1.28 bits per heavy atom. The van der Waals surface area contributed by atoms with Gasteiger partial charge in [0.25, 0.3) is 0 Å². The molecule has 25 heavy (non-hydrogen) atoms. The first kappa shape index (κ1) is 17.2. The molecule has 0 aliphatic rings. The van der Waals surface area contributed by atoms with E-state index in [0.717, 1.165) is 42.3 Å². The van der Waals surface area contributed by atoms with Crippen molar-refractivity contribution in [3.8, 4) is 11.4 Å². The maximum absolute atomic E-state index is 5.40. The quantitative estimate of drug-likeness (QED) is 0.686. The number of hydrogen-bond donors (Lipinski definition) is 1. The van der Waals surface area contributed by atoms with E-state index in [0.29, 0.717) is 6.04 Å². The van der Waals surface area contributed by atoms with Gasteiger partial charge in [0, 0.05) is 49.7 Å². The van der Waals surface area contributed by atoms with Crippen LogP contribution in [0.4, 0.5) is 0 Å². The summed E-state index contributed by atoms with van der Waals surface area (Å²) in [5.41, 5.74) is 2.08. The lowest BCUT2D eigenvalue weighted by Crippen LogP contribution is -2.30. The Balaban J connectivity index is 1.60. The molecule has 0 unspecified atom stereocenters. The minimum atomic E-state index is 0.342. The fourth-order valence-corrected chi connectivity index (χ4v) is 2.87. The van der Waals surface area contributed by atoms with E-state index in [-0.39, 0.29) is 0 Å². The number of nitrogens with one attached hydrogen (secondary N) is 1. The highest BCUT2D eigenvalue weighted by molar-refractivity contribution is 5.46. The highest BCUT2D eigenvalue weighted by Gasteiger charge is 2.09. The van der Waals surface area contributed by atoms with Crippen molar-refractivity contribution in [3.63, 3.8) is 0 Å². The number of nitrogens with zero attached hydrogens (tertiary/aromatic N) is 4. The molecule has 6 heteroatoms. The minimum Gasteiger partial charge on any atom is -0.494 e. The van der Waals surface area contributed by atoms with Crippen molar-refractivity contribution in [2.75, 3.05) is 7.11 Å². The highest BCUT2D eigenvalue weighted by atomic mass is 16.5. The van der Waals surface area contributed by atoms with Gasteiger partial charge in [-0.2, -0.15) is 5.10 Å². The van der Waals surface area contributed by atoms with E-state index in [9.17, 15) is 0 Å². The van der Waals surface area contributed by atoms with Crippen molar-refractivity contribution < 1.29 is 4.74 Å². The highest BCUT2D eigenvalue weighted by Crippen LogP contribution is 2.21. The molecule has 0 amide bonds. The van der Waals surface area contributed by atoms with Crippen molar-refractivity contribution in [2.45, 2.75) is 39.4 Å². The molecule has 0 aliphatic carbocycles. The molecule has 1 atom stereocenters. The van der Waals surface area contributed by atoms with Crippen LogP contribution in [0.5, 0.6) is 5.75 Å². The van der Waals surface area contributed by atoms with Gasteiger partial charge < -0.3 is 14.6 Å². The fraction of sp³-hybridized carbons (Fsp3) is 0.368. The summed E-state index contributed by atoms with van der Waals surface area (Å²) < 4.78 is 9.46. The summed E-state index contributed by atoms with van der Waals surface area (Å²) in [4.78, 5) is 4.37. The SMILES string of the molecule is CCc1nccn1C[C@@H](C)NCc1cnn(-c2ccccc2OC)c1.